The Kier molecular flexibility index (Phi) is 5.66. The average molecular weight is 357 g/mol. The first kappa shape index (κ1) is 19.0. The normalized spacial score (nSPS) is 10.8. The number of rotatable bonds is 4. The summed E-state index contributed by atoms with van der Waals surface area (Å²) in [5, 5.41) is 2.57. The minimum atomic E-state index is -0.667. The van der Waals surface area contributed by atoms with Crippen LogP contribution in [-0.4, -0.2) is 40.5 Å². The highest BCUT2D eigenvalue weighted by atomic mass is 16.6. The highest BCUT2D eigenvalue weighted by molar-refractivity contribution is 6.07. The van der Waals surface area contributed by atoms with Crippen molar-refractivity contribution in [2.45, 2.75) is 26.4 Å². The number of hydrogen-bond donors (Lipinski definition) is 1. The van der Waals surface area contributed by atoms with Crippen molar-refractivity contribution in [3.8, 4) is 0 Å². The van der Waals surface area contributed by atoms with Gasteiger partial charge in [-0.25, -0.2) is 19.6 Å². The van der Waals surface area contributed by atoms with E-state index in [2.05, 4.69) is 20.0 Å². The summed E-state index contributed by atoms with van der Waals surface area (Å²) in [5.74, 6) is -1.75. The number of pyridine rings is 2. The van der Waals surface area contributed by atoms with Gasteiger partial charge in [-0.15, -0.1) is 0 Å². The Morgan fingerprint density at radius 3 is 2.35 bits per heavy atom. The van der Waals surface area contributed by atoms with Gasteiger partial charge in [-0.05, 0) is 45.0 Å². The van der Waals surface area contributed by atoms with Crippen LogP contribution in [-0.2, 0) is 9.47 Å². The summed E-state index contributed by atoms with van der Waals surface area (Å²) in [6, 6.07) is 5.94. The van der Waals surface area contributed by atoms with Crippen LogP contribution in [0.25, 0.3) is 0 Å². The lowest BCUT2D eigenvalue weighted by Crippen LogP contribution is -2.24. The number of carbonyl (C=O) groups excluding carboxylic acids is 3. The van der Waals surface area contributed by atoms with Gasteiger partial charge in [0.25, 0.3) is 5.91 Å². The molecule has 0 radical (unpaired) electrons. The minimum absolute atomic E-state index is 0.0123. The predicted molar refractivity (Wildman–Crippen MR) is 92.9 cm³/mol. The fourth-order valence-electron chi connectivity index (χ4n) is 1.94. The van der Waals surface area contributed by atoms with Crippen LogP contribution in [0.4, 0.5) is 5.69 Å². The first-order chi connectivity index (χ1) is 12.2. The zero-order valence-corrected chi connectivity index (χ0v) is 14.9. The molecule has 0 aliphatic heterocycles. The van der Waals surface area contributed by atoms with Crippen LogP contribution < -0.4 is 5.32 Å². The van der Waals surface area contributed by atoms with Crippen LogP contribution in [0.3, 0.4) is 0 Å². The standard InChI is InChI=1S/C18H19N3O5/c1-18(2,3)26-16(23)13-8-7-11(10-20-13)15(22)21-12-6-5-9-19-14(12)17(24)25-4/h5-10H,1-4H3,(H,21,22). The number of carbonyl (C=O) groups is 3. The van der Waals surface area contributed by atoms with Gasteiger partial charge < -0.3 is 14.8 Å². The SMILES string of the molecule is COC(=O)c1ncccc1NC(=O)c1ccc(C(=O)OC(C)(C)C)nc1. The summed E-state index contributed by atoms with van der Waals surface area (Å²) < 4.78 is 9.84. The summed E-state index contributed by atoms with van der Waals surface area (Å²) in [6.45, 7) is 5.25. The van der Waals surface area contributed by atoms with Crippen molar-refractivity contribution < 1.29 is 23.9 Å². The van der Waals surface area contributed by atoms with Crippen LogP contribution >= 0.6 is 0 Å². The average Bonchev–Trinajstić information content (AvgIpc) is 2.60. The maximum atomic E-state index is 12.3. The largest absolute Gasteiger partial charge is 0.464 e. The van der Waals surface area contributed by atoms with E-state index in [0.29, 0.717) is 0 Å². The van der Waals surface area contributed by atoms with Crippen molar-refractivity contribution in [3.05, 3.63) is 53.6 Å². The molecule has 2 aromatic rings. The van der Waals surface area contributed by atoms with E-state index in [0.717, 1.165) is 0 Å². The number of anilines is 1. The molecule has 0 saturated carbocycles. The molecule has 8 heteroatoms. The second-order valence-corrected chi connectivity index (χ2v) is 6.28. The second-order valence-electron chi connectivity index (χ2n) is 6.28. The van der Waals surface area contributed by atoms with E-state index in [9.17, 15) is 14.4 Å². The van der Waals surface area contributed by atoms with Crippen molar-refractivity contribution in [1.29, 1.82) is 0 Å². The molecule has 0 aromatic carbocycles. The molecule has 0 saturated heterocycles. The van der Waals surface area contributed by atoms with E-state index < -0.39 is 23.4 Å². The van der Waals surface area contributed by atoms with Crippen LogP contribution in [0.1, 0.15) is 52.1 Å². The Hall–Kier alpha value is -3.29. The monoisotopic (exact) mass is 357 g/mol. The molecule has 2 heterocycles. The molecule has 0 fully saturated rings. The Morgan fingerprint density at radius 1 is 1.04 bits per heavy atom. The summed E-state index contributed by atoms with van der Waals surface area (Å²) in [5.41, 5.74) is -0.147. The minimum Gasteiger partial charge on any atom is -0.464 e. The zero-order chi connectivity index (χ0) is 19.3. The van der Waals surface area contributed by atoms with E-state index in [1.165, 1.54) is 37.7 Å². The number of aromatic nitrogens is 2. The summed E-state index contributed by atoms with van der Waals surface area (Å²) in [6.07, 6.45) is 2.67. The molecule has 1 amide bonds. The molecule has 0 unspecified atom stereocenters. The molecule has 0 aliphatic carbocycles. The van der Waals surface area contributed by atoms with E-state index in [-0.39, 0.29) is 22.6 Å². The Balaban J connectivity index is 2.14. The summed E-state index contributed by atoms with van der Waals surface area (Å²) >= 11 is 0. The molecule has 2 rings (SSSR count). The van der Waals surface area contributed by atoms with E-state index in [1.807, 2.05) is 0 Å². The number of esters is 2. The number of nitrogens with one attached hydrogen (secondary N) is 1. The van der Waals surface area contributed by atoms with Crippen LogP contribution in [0.15, 0.2) is 36.7 Å². The van der Waals surface area contributed by atoms with E-state index >= 15 is 0 Å². The number of amides is 1. The second kappa shape index (κ2) is 7.73. The zero-order valence-electron chi connectivity index (χ0n) is 14.9. The lowest BCUT2D eigenvalue weighted by molar-refractivity contribution is 0.00624. The number of nitrogens with zero attached hydrogens (tertiary/aromatic N) is 2. The van der Waals surface area contributed by atoms with Crippen LogP contribution in [0, 0.1) is 0 Å². The third-order valence-corrected chi connectivity index (χ3v) is 3.07. The van der Waals surface area contributed by atoms with Gasteiger partial charge in [0.15, 0.2) is 5.69 Å². The summed E-state index contributed by atoms with van der Waals surface area (Å²) in [4.78, 5) is 43.8. The van der Waals surface area contributed by atoms with Gasteiger partial charge in [-0.2, -0.15) is 0 Å². The quantitative estimate of drug-likeness (QED) is 0.837. The molecular formula is C18H19N3O5. The topological polar surface area (TPSA) is 107 Å². The van der Waals surface area contributed by atoms with Crippen molar-refractivity contribution >= 4 is 23.5 Å². The van der Waals surface area contributed by atoms with Gasteiger partial charge in [0, 0.05) is 12.4 Å². The van der Waals surface area contributed by atoms with E-state index in [1.54, 1.807) is 26.8 Å². The molecule has 0 bridgehead atoms. The highest BCUT2D eigenvalue weighted by Gasteiger charge is 2.20. The maximum absolute atomic E-state index is 12.3. The lowest BCUT2D eigenvalue weighted by atomic mass is 10.2. The molecule has 0 spiro atoms. The van der Waals surface area contributed by atoms with Gasteiger partial charge in [0.1, 0.15) is 11.3 Å². The van der Waals surface area contributed by atoms with Gasteiger partial charge in [0.2, 0.25) is 0 Å². The van der Waals surface area contributed by atoms with Gasteiger partial charge in [-0.1, -0.05) is 0 Å². The van der Waals surface area contributed by atoms with Gasteiger partial charge in [-0.3, -0.25) is 4.79 Å². The summed E-state index contributed by atoms with van der Waals surface area (Å²) in [7, 11) is 1.22. The molecule has 0 aliphatic rings. The molecule has 1 N–H and O–H groups in total. The smallest absolute Gasteiger partial charge is 0.358 e. The predicted octanol–water partition coefficient (Wildman–Crippen LogP) is 2.47. The highest BCUT2D eigenvalue weighted by Crippen LogP contribution is 2.15. The number of ether oxygens (including phenoxy) is 2. The van der Waals surface area contributed by atoms with Crippen molar-refractivity contribution in [2.24, 2.45) is 0 Å². The molecule has 8 nitrogen and oxygen atoms in total. The fourth-order valence-corrected chi connectivity index (χ4v) is 1.94. The Labute approximate surface area is 150 Å². The van der Waals surface area contributed by atoms with Crippen LogP contribution in [0.5, 0.6) is 0 Å². The van der Waals surface area contributed by atoms with Crippen molar-refractivity contribution in [3.63, 3.8) is 0 Å². The van der Waals surface area contributed by atoms with Gasteiger partial charge in [0.05, 0.1) is 18.4 Å². The fraction of sp³-hybridized carbons (Fsp3) is 0.278. The molecule has 26 heavy (non-hydrogen) atoms. The third kappa shape index (κ3) is 4.85. The van der Waals surface area contributed by atoms with Gasteiger partial charge >= 0.3 is 11.9 Å². The Morgan fingerprint density at radius 2 is 1.77 bits per heavy atom. The van der Waals surface area contributed by atoms with E-state index in [4.69, 9.17) is 4.74 Å². The van der Waals surface area contributed by atoms with Crippen molar-refractivity contribution in [2.75, 3.05) is 12.4 Å². The first-order valence-electron chi connectivity index (χ1n) is 7.75. The maximum Gasteiger partial charge on any atom is 0.358 e. The lowest BCUT2D eigenvalue weighted by Gasteiger charge is -2.19. The molecule has 136 valence electrons. The Bertz CT molecular complexity index is 825. The van der Waals surface area contributed by atoms with Crippen LogP contribution in [0.2, 0.25) is 0 Å². The number of methoxy groups -OCH3 is 1. The molecular weight excluding hydrogens is 338 g/mol. The molecule has 2 aromatic heterocycles. The number of hydrogen-bond acceptors (Lipinski definition) is 7. The first-order valence-corrected chi connectivity index (χ1v) is 7.75. The van der Waals surface area contributed by atoms with Crippen molar-refractivity contribution in [1.82, 2.24) is 9.97 Å². The third-order valence-electron chi connectivity index (χ3n) is 3.07. The molecule has 0 atom stereocenters.